The summed E-state index contributed by atoms with van der Waals surface area (Å²) in [6.45, 7) is 0. The number of aromatic nitrogens is 2. The average Bonchev–Trinajstić information content (AvgIpc) is 3.21. The number of hydrogen-bond donors (Lipinski definition) is 0. The molecule has 0 radical (unpaired) electrons. The maximum Gasteiger partial charge on any atom is 0.160 e. The van der Waals surface area contributed by atoms with Gasteiger partial charge < -0.3 is 4.74 Å². The Hall–Kier alpha value is -6.84. The van der Waals surface area contributed by atoms with Crippen molar-refractivity contribution in [3.8, 4) is 78.8 Å². The Bertz CT molecular complexity index is 2690. The van der Waals surface area contributed by atoms with Gasteiger partial charge in [0.2, 0.25) is 0 Å². The van der Waals surface area contributed by atoms with Crippen LogP contribution in [0.25, 0.3) is 88.8 Å². The topological polar surface area (TPSA) is 35.0 Å². The summed E-state index contributed by atoms with van der Waals surface area (Å²) >= 11 is 0. The Kier molecular flexibility index (Phi) is 6.81. The maximum atomic E-state index is 6.40. The molecule has 0 N–H and O–H groups in total. The Morgan fingerprint density at radius 1 is 0.333 bits per heavy atom. The van der Waals surface area contributed by atoms with Crippen LogP contribution in [0.2, 0.25) is 0 Å². The highest BCUT2D eigenvalue weighted by Crippen LogP contribution is 2.48. The molecule has 0 bridgehead atoms. The van der Waals surface area contributed by atoms with Gasteiger partial charge in [0.05, 0.1) is 11.4 Å². The van der Waals surface area contributed by atoms with Gasteiger partial charge in [-0.1, -0.05) is 158 Å². The molecule has 3 nitrogen and oxygen atoms in total. The third-order valence-electron chi connectivity index (χ3n) is 9.91. The minimum atomic E-state index is 0.715. The summed E-state index contributed by atoms with van der Waals surface area (Å²) in [6, 6.07) is 63.9. The average molecular weight is 651 g/mol. The fraction of sp³-hybridized carbons (Fsp3) is 0. The lowest BCUT2D eigenvalue weighted by Crippen LogP contribution is -1.97. The molecule has 0 amide bonds. The van der Waals surface area contributed by atoms with Crippen molar-refractivity contribution >= 4 is 21.5 Å². The van der Waals surface area contributed by atoms with Gasteiger partial charge in [-0.25, -0.2) is 9.97 Å². The zero-order chi connectivity index (χ0) is 33.7. The van der Waals surface area contributed by atoms with E-state index < -0.39 is 0 Å². The van der Waals surface area contributed by atoms with Gasteiger partial charge in [-0.2, -0.15) is 0 Å². The fourth-order valence-electron chi connectivity index (χ4n) is 7.42. The molecule has 1 aromatic heterocycles. The minimum Gasteiger partial charge on any atom is -0.456 e. The molecule has 238 valence electrons. The number of rotatable bonds is 5. The molecule has 3 heteroatoms. The molecule has 0 saturated carbocycles. The molecular formula is C48H30N2O. The van der Waals surface area contributed by atoms with Crippen molar-refractivity contribution in [1.82, 2.24) is 9.97 Å². The van der Waals surface area contributed by atoms with Crippen LogP contribution >= 0.6 is 0 Å². The Morgan fingerprint density at radius 3 is 1.61 bits per heavy atom. The predicted octanol–water partition coefficient (Wildman–Crippen LogP) is 12.9. The summed E-state index contributed by atoms with van der Waals surface area (Å²) in [5, 5.41) is 4.78. The quantitative estimate of drug-likeness (QED) is 0.186. The van der Waals surface area contributed by atoms with Gasteiger partial charge in [-0.05, 0) is 68.2 Å². The van der Waals surface area contributed by atoms with E-state index in [0.717, 1.165) is 50.7 Å². The van der Waals surface area contributed by atoms with Crippen LogP contribution in [0.15, 0.2) is 182 Å². The van der Waals surface area contributed by atoms with Crippen molar-refractivity contribution in [2.75, 3.05) is 0 Å². The zero-order valence-electron chi connectivity index (χ0n) is 27.6. The number of ether oxygens (including phenoxy) is 1. The largest absolute Gasteiger partial charge is 0.456 e. The van der Waals surface area contributed by atoms with Crippen LogP contribution in [0, 0.1) is 0 Å². The molecule has 10 rings (SSSR count). The second-order valence-electron chi connectivity index (χ2n) is 13.0. The highest BCUT2D eigenvalue weighted by atomic mass is 16.5. The highest BCUT2D eigenvalue weighted by molar-refractivity contribution is 6.07. The number of fused-ring (bicyclic) bond motifs is 3. The lowest BCUT2D eigenvalue weighted by molar-refractivity contribution is 0.487. The summed E-state index contributed by atoms with van der Waals surface area (Å²) in [7, 11) is 0. The molecule has 0 fully saturated rings. The van der Waals surface area contributed by atoms with E-state index in [4.69, 9.17) is 14.7 Å². The molecule has 1 aliphatic heterocycles. The smallest absolute Gasteiger partial charge is 0.160 e. The Labute approximate surface area is 296 Å². The van der Waals surface area contributed by atoms with Gasteiger partial charge in [0.1, 0.15) is 11.5 Å². The van der Waals surface area contributed by atoms with Gasteiger partial charge in [-0.3, -0.25) is 0 Å². The van der Waals surface area contributed by atoms with Crippen LogP contribution in [-0.4, -0.2) is 9.97 Å². The molecule has 0 unspecified atom stereocenters. The number of benzene rings is 8. The molecule has 51 heavy (non-hydrogen) atoms. The molecule has 2 heterocycles. The van der Waals surface area contributed by atoms with Gasteiger partial charge in [-0.15, -0.1) is 0 Å². The standard InChI is InChI=1S/C48H30N2O/c1-3-11-32(12-4-1)43-30-44(50-48(49-43)35-13-5-2-6-14-35)33-23-21-31(22-24-33)37-26-27-38(40-18-8-7-17-39(37)40)36-25-28-45-42(29-36)41-19-9-15-34-16-10-20-46(51-45)47(34)41/h1-30H. The van der Waals surface area contributed by atoms with E-state index in [0.29, 0.717) is 5.82 Å². The van der Waals surface area contributed by atoms with Crippen molar-refractivity contribution < 1.29 is 4.74 Å². The first-order valence-corrected chi connectivity index (χ1v) is 17.2. The number of hydrogen-bond acceptors (Lipinski definition) is 3. The maximum absolute atomic E-state index is 6.40. The summed E-state index contributed by atoms with van der Waals surface area (Å²) < 4.78 is 6.40. The molecule has 1 aliphatic rings. The normalized spacial score (nSPS) is 11.7. The minimum absolute atomic E-state index is 0.715. The van der Waals surface area contributed by atoms with Crippen LogP contribution in [0.1, 0.15) is 0 Å². The van der Waals surface area contributed by atoms with Crippen molar-refractivity contribution in [1.29, 1.82) is 0 Å². The van der Waals surface area contributed by atoms with E-state index in [1.807, 2.05) is 36.4 Å². The van der Waals surface area contributed by atoms with Crippen molar-refractivity contribution in [3.63, 3.8) is 0 Å². The summed E-state index contributed by atoms with van der Waals surface area (Å²) in [6.07, 6.45) is 0. The highest BCUT2D eigenvalue weighted by Gasteiger charge is 2.21. The van der Waals surface area contributed by atoms with Crippen LogP contribution < -0.4 is 4.74 Å². The van der Waals surface area contributed by atoms with E-state index in [2.05, 4.69) is 146 Å². The second kappa shape index (κ2) is 11.9. The van der Waals surface area contributed by atoms with Crippen molar-refractivity contribution in [2.24, 2.45) is 0 Å². The van der Waals surface area contributed by atoms with Crippen LogP contribution in [-0.2, 0) is 0 Å². The molecule has 0 aliphatic carbocycles. The van der Waals surface area contributed by atoms with Crippen LogP contribution in [0.3, 0.4) is 0 Å². The van der Waals surface area contributed by atoms with Crippen LogP contribution in [0.4, 0.5) is 0 Å². The number of nitrogens with zero attached hydrogens (tertiary/aromatic N) is 2. The van der Waals surface area contributed by atoms with E-state index in [1.54, 1.807) is 0 Å². The summed E-state index contributed by atoms with van der Waals surface area (Å²) in [5.74, 6) is 2.52. The molecular weight excluding hydrogens is 621 g/mol. The third kappa shape index (κ3) is 5.06. The monoisotopic (exact) mass is 650 g/mol. The van der Waals surface area contributed by atoms with Crippen molar-refractivity contribution in [2.45, 2.75) is 0 Å². The van der Waals surface area contributed by atoms with Crippen LogP contribution in [0.5, 0.6) is 11.5 Å². The lowest BCUT2D eigenvalue weighted by Gasteiger charge is -2.22. The Balaban J connectivity index is 1.04. The second-order valence-corrected chi connectivity index (χ2v) is 13.0. The zero-order valence-corrected chi connectivity index (χ0v) is 27.6. The first-order chi connectivity index (χ1) is 25.3. The van der Waals surface area contributed by atoms with Gasteiger partial charge in [0.25, 0.3) is 0 Å². The SMILES string of the molecule is c1ccc(-c2cc(-c3ccc(-c4ccc(-c5ccc6c(c5)-c5cccc7cccc(c57)O6)c5ccccc45)cc3)nc(-c3ccccc3)n2)cc1. The predicted molar refractivity (Wildman–Crippen MR) is 210 cm³/mol. The fourth-order valence-corrected chi connectivity index (χ4v) is 7.42. The Morgan fingerprint density at radius 2 is 0.902 bits per heavy atom. The van der Waals surface area contributed by atoms with Crippen molar-refractivity contribution in [3.05, 3.63) is 182 Å². The molecule has 0 atom stereocenters. The van der Waals surface area contributed by atoms with E-state index in [9.17, 15) is 0 Å². The summed E-state index contributed by atoms with van der Waals surface area (Å²) in [5.41, 5.74) is 11.9. The molecule has 8 aromatic carbocycles. The van der Waals surface area contributed by atoms with Gasteiger partial charge in [0, 0.05) is 27.6 Å². The van der Waals surface area contributed by atoms with Gasteiger partial charge in [0.15, 0.2) is 5.82 Å². The van der Waals surface area contributed by atoms with E-state index in [1.165, 1.54) is 43.8 Å². The molecule has 9 aromatic rings. The van der Waals surface area contributed by atoms with E-state index >= 15 is 0 Å². The molecule has 0 saturated heterocycles. The summed E-state index contributed by atoms with van der Waals surface area (Å²) in [4.78, 5) is 9.99. The third-order valence-corrected chi connectivity index (χ3v) is 9.91. The van der Waals surface area contributed by atoms with Gasteiger partial charge >= 0.3 is 0 Å². The first-order valence-electron chi connectivity index (χ1n) is 17.2. The lowest BCUT2D eigenvalue weighted by atomic mass is 9.89. The molecule has 0 spiro atoms. The van der Waals surface area contributed by atoms with E-state index in [-0.39, 0.29) is 0 Å². The first kappa shape index (κ1) is 29.1.